The van der Waals surface area contributed by atoms with E-state index in [1.807, 2.05) is 6.07 Å². The first-order valence-corrected chi connectivity index (χ1v) is 17.7. The lowest BCUT2D eigenvalue weighted by molar-refractivity contribution is -0.396. The Balaban J connectivity index is 1.23. The molecule has 3 aliphatic carbocycles. The molecule has 4 unspecified atom stereocenters. The summed E-state index contributed by atoms with van der Waals surface area (Å²) in [6, 6.07) is 5.70. The maximum Gasteiger partial charge on any atom is 0.460 e. The van der Waals surface area contributed by atoms with Crippen LogP contribution in [0, 0.1) is 29.1 Å². The van der Waals surface area contributed by atoms with Gasteiger partial charge in [-0.05, 0) is 103 Å². The Kier molecular flexibility index (Phi) is 12.3. The van der Waals surface area contributed by atoms with Crippen molar-refractivity contribution in [1.29, 1.82) is 0 Å². The number of aromatic hydroxyl groups is 1. The summed E-state index contributed by atoms with van der Waals surface area (Å²) in [7, 11) is 0.941. The summed E-state index contributed by atoms with van der Waals surface area (Å²) < 4.78 is 124. The van der Waals surface area contributed by atoms with E-state index in [0.29, 0.717) is 36.5 Å². The van der Waals surface area contributed by atoms with Crippen LogP contribution in [0.15, 0.2) is 30.4 Å². The Morgan fingerprint density at radius 2 is 1.58 bits per heavy atom. The number of esters is 1. The number of halogens is 9. The number of benzene rings is 1. The highest BCUT2D eigenvalue weighted by Gasteiger charge is 2.81. The van der Waals surface area contributed by atoms with Crippen LogP contribution >= 0.6 is 0 Å². The summed E-state index contributed by atoms with van der Waals surface area (Å²) in [5, 5.41) is 21.0. The Labute approximate surface area is 287 Å². The van der Waals surface area contributed by atoms with Crippen molar-refractivity contribution in [1.82, 2.24) is 0 Å². The minimum absolute atomic E-state index is 0.0630. The molecule has 4 nitrogen and oxygen atoms in total. The predicted molar refractivity (Wildman–Crippen MR) is 169 cm³/mol. The number of hydrogen-bond acceptors (Lipinski definition) is 4. The van der Waals surface area contributed by atoms with Gasteiger partial charge in [0.2, 0.25) is 0 Å². The number of unbranched alkanes of at least 4 members (excludes halogenated alkanes) is 6. The van der Waals surface area contributed by atoms with Crippen LogP contribution in [0.25, 0.3) is 0 Å². The van der Waals surface area contributed by atoms with E-state index >= 15 is 0 Å². The maximum absolute atomic E-state index is 14.0. The third kappa shape index (κ3) is 7.82. The van der Waals surface area contributed by atoms with Gasteiger partial charge < -0.3 is 14.9 Å². The number of ether oxygens (including phenoxy) is 1. The number of phenolic OH excluding ortho intramolecular Hbond substituents is 1. The number of hydrogen-bond donors (Lipinski definition) is 2. The number of methoxy groups -OCH3 is 1. The fourth-order valence-electron chi connectivity index (χ4n) is 9.13. The van der Waals surface area contributed by atoms with Crippen molar-refractivity contribution in [3.05, 3.63) is 41.5 Å². The van der Waals surface area contributed by atoms with Gasteiger partial charge in [-0.15, -0.1) is 0 Å². The number of fused-ring (bicyclic) bond motifs is 5. The molecule has 0 radical (unpaired) electrons. The molecule has 50 heavy (non-hydrogen) atoms. The van der Waals surface area contributed by atoms with Crippen LogP contribution in [0.3, 0.4) is 0 Å². The number of alkyl halides is 9. The van der Waals surface area contributed by atoms with Gasteiger partial charge in [0.25, 0.3) is 0 Å². The van der Waals surface area contributed by atoms with Gasteiger partial charge in [-0.3, -0.25) is 4.79 Å². The zero-order chi connectivity index (χ0) is 37.3. The van der Waals surface area contributed by atoms with E-state index in [9.17, 15) is 54.5 Å². The summed E-state index contributed by atoms with van der Waals surface area (Å²) in [6.45, 7) is 6.52. The average molecular weight is 729 g/mol. The molecule has 4 rings (SSSR count). The molecule has 0 amide bonds. The van der Waals surface area contributed by atoms with Gasteiger partial charge in [0.15, 0.2) is 0 Å². The Hall–Kier alpha value is -2.44. The lowest BCUT2D eigenvalue weighted by Gasteiger charge is -2.52. The number of phenols is 1. The van der Waals surface area contributed by atoms with E-state index in [4.69, 9.17) is 0 Å². The Morgan fingerprint density at radius 3 is 2.20 bits per heavy atom. The number of carbonyl (C=O) groups is 1. The molecule has 2 fully saturated rings. The standard InChI is InChI=1S/C37H49F9O4/c1-22-30(48)21-29-31-24(19-25-20-26(47)13-14-27(25)28(31)16-17-33(22,29)2)12-10-8-6-4-5-7-9-11-23(32(49)50-3)15-18-34(38,39)35(40,41)36(42,43)37(44,45)46/h13-14,20,23-24,28-31,47-48H,1,4-12,15-19,21H2,2-3H3/t23?,24-,28?,29?,30-,31?,33-/m1/s1. The van der Waals surface area contributed by atoms with Crippen molar-refractivity contribution in [2.24, 2.45) is 29.1 Å². The molecule has 0 spiro atoms. The Morgan fingerprint density at radius 1 is 0.960 bits per heavy atom. The van der Waals surface area contributed by atoms with Crippen molar-refractivity contribution in [3.63, 3.8) is 0 Å². The highest BCUT2D eigenvalue weighted by Crippen LogP contribution is 2.64. The molecule has 13 heteroatoms. The zero-order valence-corrected chi connectivity index (χ0v) is 28.6. The summed E-state index contributed by atoms with van der Waals surface area (Å²) >= 11 is 0. The summed E-state index contributed by atoms with van der Waals surface area (Å²) in [5.74, 6) is -20.0. The van der Waals surface area contributed by atoms with Crippen molar-refractivity contribution >= 4 is 5.97 Å². The van der Waals surface area contributed by atoms with Crippen LogP contribution in [0.4, 0.5) is 39.5 Å². The van der Waals surface area contributed by atoms with Gasteiger partial charge in [0, 0.05) is 6.42 Å². The van der Waals surface area contributed by atoms with Crippen LogP contribution in [0.1, 0.15) is 114 Å². The van der Waals surface area contributed by atoms with Crippen molar-refractivity contribution in [2.45, 2.75) is 139 Å². The van der Waals surface area contributed by atoms with Crippen molar-refractivity contribution in [3.8, 4) is 5.75 Å². The molecule has 2 saturated carbocycles. The third-order valence-electron chi connectivity index (χ3n) is 12.1. The van der Waals surface area contributed by atoms with E-state index in [-0.39, 0.29) is 17.6 Å². The number of carbonyl (C=O) groups excluding carboxylic acids is 1. The zero-order valence-electron chi connectivity index (χ0n) is 28.6. The maximum atomic E-state index is 14.0. The fraction of sp³-hybridized carbons (Fsp3) is 0.757. The first-order chi connectivity index (χ1) is 23.2. The van der Waals surface area contributed by atoms with Gasteiger partial charge >= 0.3 is 29.9 Å². The lowest BCUT2D eigenvalue weighted by atomic mass is 9.52. The predicted octanol–water partition coefficient (Wildman–Crippen LogP) is 10.5. The molecule has 7 atom stereocenters. The first kappa shape index (κ1) is 40.3. The first-order valence-electron chi connectivity index (χ1n) is 17.7. The monoisotopic (exact) mass is 728 g/mol. The van der Waals surface area contributed by atoms with Gasteiger partial charge in [0.1, 0.15) is 5.75 Å². The quantitative estimate of drug-likeness (QED) is 0.0770. The van der Waals surface area contributed by atoms with Crippen LogP contribution in [0.5, 0.6) is 5.75 Å². The molecule has 0 saturated heterocycles. The molecular formula is C37H49F9O4. The second-order valence-electron chi connectivity index (χ2n) is 15.0. The molecule has 1 aromatic rings. The fourth-order valence-corrected chi connectivity index (χ4v) is 9.13. The van der Waals surface area contributed by atoms with Crippen molar-refractivity contribution in [2.75, 3.05) is 7.11 Å². The van der Waals surface area contributed by atoms with E-state index in [2.05, 4.69) is 24.3 Å². The molecule has 0 aliphatic heterocycles. The van der Waals surface area contributed by atoms with E-state index in [1.165, 1.54) is 11.1 Å². The highest BCUT2D eigenvalue weighted by molar-refractivity contribution is 5.72. The van der Waals surface area contributed by atoms with E-state index < -0.39 is 54.8 Å². The van der Waals surface area contributed by atoms with Gasteiger partial charge in [0.05, 0.1) is 19.1 Å². The summed E-state index contributed by atoms with van der Waals surface area (Å²) in [4.78, 5) is 12.1. The molecule has 3 aliphatic rings. The van der Waals surface area contributed by atoms with Crippen LogP contribution < -0.4 is 0 Å². The van der Waals surface area contributed by atoms with Gasteiger partial charge in [-0.25, -0.2) is 0 Å². The molecule has 284 valence electrons. The minimum atomic E-state index is -6.95. The SMILES string of the molecule is C=C1[C@H](O)CC2C3C(CC[C@]12C)c1ccc(O)cc1C[C@H]3CCCCCCCCCC(CCC(F)(F)C(F)(F)C(F)(F)C(F)(F)F)C(=O)OC. The molecule has 0 heterocycles. The number of aliphatic hydroxyl groups is 1. The third-order valence-corrected chi connectivity index (χ3v) is 12.1. The van der Waals surface area contributed by atoms with E-state index in [0.717, 1.165) is 76.9 Å². The Bertz CT molecular complexity index is 1350. The number of rotatable bonds is 16. The molecular weight excluding hydrogens is 679 g/mol. The summed E-state index contributed by atoms with van der Waals surface area (Å²) in [5.41, 5.74) is 3.36. The topological polar surface area (TPSA) is 66.8 Å². The largest absolute Gasteiger partial charge is 0.508 e. The molecule has 1 aromatic carbocycles. The van der Waals surface area contributed by atoms with Crippen molar-refractivity contribution < 1.29 is 59.3 Å². The normalized spacial score (nSPS) is 27.8. The summed E-state index contributed by atoms with van der Waals surface area (Å²) in [6.07, 6.45) is -0.567. The lowest BCUT2D eigenvalue weighted by Crippen LogP contribution is -2.60. The highest BCUT2D eigenvalue weighted by atomic mass is 19.4. The van der Waals surface area contributed by atoms with Crippen LogP contribution in [-0.4, -0.2) is 53.3 Å². The van der Waals surface area contributed by atoms with Gasteiger partial charge in [-0.1, -0.05) is 64.5 Å². The molecule has 0 aromatic heterocycles. The molecule has 0 bridgehead atoms. The second-order valence-corrected chi connectivity index (χ2v) is 15.0. The number of aliphatic hydroxyl groups excluding tert-OH is 1. The van der Waals surface area contributed by atoms with Crippen LogP contribution in [-0.2, 0) is 16.0 Å². The van der Waals surface area contributed by atoms with Gasteiger partial charge in [-0.2, -0.15) is 39.5 Å². The average Bonchev–Trinajstić information content (AvgIpc) is 3.27. The minimum Gasteiger partial charge on any atom is -0.508 e. The van der Waals surface area contributed by atoms with E-state index in [1.54, 1.807) is 6.07 Å². The van der Waals surface area contributed by atoms with Crippen LogP contribution in [0.2, 0.25) is 0 Å². The smallest absolute Gasteiger partial charge is 0.460 e. The molecule has 2 N–H and O–H groups in total. The second kappa shape index (κ2) is 15.3.